The van der Waals surface area contributed by atoms with Crippen LogP contribution in [-0.2, 0) is 5.41 Å². The van der Waals surface area contributed by atoms with Gasteiger partial charge in [0.15, 0.2) is 0 Å². The lowest BCUT2D eigenvalue weighted by Crippen LogP contribution is -2.19. The number of rotatable bonds is 2. The first-order chi connectivity index (χ1) is 8.00. The number of hydrogen-bond donors (Lipinski definition) is 1. The Morgan fingerprint density at radius 2 is 1.47 bits per heavy atom. The van der Waals surface area contributed by atoms with Gasteiger partial charge in [-0.1, -0.05) is 55.8 Å². The summed E-state index contributed by atoms with van der Waals surface area (Å²) in [5, 5.41) is 0. The van der Waals surface area contributed by atoms with Gasteiger partial charge in [0.2, 0.25) is 0 Å². The molecule has 0 atom stereocenters. The minimum Gasteiger partial charge on any atom is -0.399 e. The van der Waals surface area contributed by atoms with Crippen LogP contribution in [0.1, 0.15) is 30.5 Å². The zero-order valence-corrected chi connectivity index (χ0v) is 10.7. The zero-order chi connectivity index (χ0) is 12.5. The molecule has 0 amide bonds. The Morgan fingerprint density at radius 1 is 0.882 bits per heavy atom. The maximum atomic E-state index is 5.86. The van der Waals surface area contributed by atoms with Crippen molar-refractivity contribution < 1.29 is 0 Å². The van der Waals surface area contributed by atoms with Gasteiger partial charge in [-0.2, -0.15) is 0 Å². The third kappa shape index (κ3) is 2.33. The maximum Gasteiger partial charge on any atom is 0.0317 e. The van der Waals surface area contributed by atoms with Crippen LogP contribution in [0.15, 0.2) is 48.5 Å². The highest BCUT2D eigenvalue weighted by Gasteiger charge is 2.22. The summed E-state index contributed by atoms with van der Waals surface area (Å²) in [6.07, 6.45) is 0. The van der Waals surface area contributed by atoms with Crippen LogP contribution in [0.4, 0.5) is 5.69 Å². The van der Waals surface area contributed by atoms with E-state index in [-0.39, 0.29) is 5.41 Å². The first-order valence-corrected chi connectivity index (χ1v) is 5.93. The standard InChI is InChI=1S/C16H19N/c1-12-6-4-7-13(10-12)16(2,3)14-8-5-9-15(17)11-14/h4-11H,17H2,1-3H3. The summed E-state index contributed by atoms with van der Waals surface area (Å²) in [7, 11) is 0. The van der Waals surface area contributed by atoms with Crippen molar-refractivity contribution in [2.45, 2.75) is 26.2 Å². The van der Waals surface area contributed by atoms with Crippen molar-refractivity contribution in [2.24, 2.45) is 0 Å². The average Bonchev–Trinajstić information content (AvgIpc) is 2.29. The highest BCUT2D eigenvalue weighted by Crippen LogP contribution is 2.32. The van der Waals surface area contributed by atoms with E-state index >= 15 is 0 Å². The van der Waals surface area contributed by atoms with Crippen molar-refractivity contribution in [2.75, 3.05) is 5.73 Å². The van der Waals surface area contributed by atoms with E-state index in [0.717, 1.165) is 5.69 Å². The summed E-state index contributed by atoms with van der Waals surface area (Å²) in [4.78, 5) is 0. The average molecular weight is 225 g/mol. The summed E-state index contributed by atoms with van der Waals surface area (Å²) in [5.41, 5.74) is 10.5. The highest BCUT2D eigenvalue weighted by atomic mass is 14.5. The Labute approximate surface area is 103 Å². The summed E-state index contributed by atoms with van der Waals surface area (Å²) in [5.74, 6) is 0. The molecule has 88 valence electrons. The Morgan fingerprint density at radius 3 is 2.06 bits per heavy atom. The largest absolute Gasteiger partial charge is 0.399 e. The van der Waals surface area contributed by atoms with Gasteiger partial charge >= 0.3 is 0 Å². The Balaban J connectivity index is 2.49. The molecule has 0 bridgehead atoms. The van der Waals surface area contributed by atoms with Crippen molar-refractivity contribution in [1.29, 1.82) is 0 Å². The van der Waals surface area contributed by atoms with E-state index in [1.165, 1.54) is 16.7 Å². The third-order valence-corrected chi connectivity index (χ3v) is 3.35. The highest BCUT2D eigenvalue weighted by molar-refractivity contribution is 5.47. The second-order valence-electron chi connectivity index (χ2n) is 5.12. The lowest BCUT2D eigenvalue weighted by molar-refractivity contribution is 0.640. The predicted octanol–water partition coefficient (Wildman–Crippen LogP) is 3.90. The Kier molecular flexibility index (Phi) is 2.93. The predicted molar refractivity (Wildman–Crippen MR) is 74.2 cm³/mol. The molecule has 0 saturated carbocycles. The molecule has 2 aromatic carbocycles. The van der Waals surface area contributed by atoms with Gasteiger partial charge < -0.3 is 5.73 Å². The molecule has 17 heavy (non-hydrogen) atoms. The van der Waals surface area contributed by atoms with Gasteiger partial charge in [0.05, 0.1) is 0 Å². The van der Waals surface area contributed by atoms with Crippen LogP contribution < -0.4 is 5.73 Å². The third-order valence-electron chi connectivity index (χ3n) is 3.35. The molecular weight excluding hydrogens is 206 g/mol. The molecular formula is C16H19N. The molecule has 0 heterocycles. The van der Waals surface area contributed by atoms with Gasteiger partial charge in [-0.25, -0.2) is 0 Å². The number of benzene rings is 2. The van der Waals surface area contributed by atoms with Crippen LogP contribution in [0.25, 0.3) is 0 Å². The lowest BCUT2D eigenvalue weighted by atomic mass is 9.77. The van der Waals surface area contributed by atoms with E-state index in [4.69, 9.17) is 5.73 Å². The molecule has 0 radical (unpaired) electrons. The molecule has 2 rings (SSSR count). The number of nitrogens with two attached hydrogens (primary N) is 1. The van der Waals surface area contributed by atoms with Crippen LogP contribution in [0.3, 0.4) is 0 Å². The molecule has 0 unspecified atom stereocenters. The van der Waals surface area contributed by atoms with Gasteiger partial charge in [-0.05, 0) is 30.2 Å². The minimum atomic E-state index is -0.0125. The van der Waals surface area contributed by atoms with Crippen LogP contribution in [0, 0.1) is 6.92 Å². The molecule has 1 nitrogen and oxygen atoms in total. The number of aryl methyl sites for hydroxylation is 1. The van der Waals surface area contributed by atoms with Crippen molar-refractivity contribution in [1.82, 2.24) is 0 Å². The van der Waals surface area contributed by atoms with Gasteiger partial charge in [-0.3, -0.25) is 0 Å². The lowest BCUT2D eigenvalue weighted by Gasteiger charge is -2.26. The fourth-order valence-electron chi connectivity index (χ4n) is 2.13. The smallest absolute Gasteiger partial charge is 0.0317 e. The van der Waals surface area contributed by atoms with Crippen molar-refractivity contribution in [3.05, 3.63) is 65.2 Å². The second-order valence-corrected chi connectivity index (χ2v) is 5.12. The second kappa shape index (κ2) is 4.25. The topological polar surface area (TPSA) is 26.0 Å². The quantitative estimate of drug-likeness (QED) is 0.771. The summed E-state index contributed by atoms with van der Waals surface area (Å²) in [6, 6.07) is 16.8. The summed E-state index contributed by atoms with van der Waals surface area (Å²) >= 11 is 0. The van der Waals surface area contributed by atoms with Crippen LogP contribution in [0.2, 0.25) is 0 Å². The van der Waals surface area contributed by atoms with E-state index in [1.807, 2.05) is 12.1 Å². The molecule has 0 aliphatic heterocycles. The van der Waals surface area contributed by atoms with Gasteiger partial charge in [-0.15, -0.1) is 0 Å². The fraction of sp³-hybridized carbons (Fsp3) is 0.250. The van der Waals surface area contributed by atoms with Crippen molar-refractivity contribution in [3.8, 4) is 0 Å². The monoisotopic (exact) mass is 225 g/mol. The van der Waals surface area contributed by atoms with E-state index in [9.17, 15) is 0 Å². The molecule has 0 saturated heterocycles. The van der Waals surface area contributed by atoms with Crippen LogP contribution in [-0.4, -0.2) is 0 Å². The Hall–Kier alpha value is -1.76. The van der Waals surface area contributed by atoms with E-state index in [1.54, 1.807) is 0 Å². The van der Waals surface area contributed by atoms with Crippen LogP contribution in [0.5, 0.6) is 0 Å². The summed E-state index contributed by atoms with van der Waals surface area (Å²) < 4.78 is 0. The van der Waals surface area contributed by atoms with Gasteiger partial charge in [0.1, 0.15) is 0 Å². The van der Waals surface area contributed by atoms with E-state index in [0.29, 0.717) is 0 Å². The number of nitrogen functional groups attached to an aromatic ring is 1. The van der Waals surface area contributed by atoms with E-state index in [2.05, 4.69) is 57.2 Å². The molecule has 1 heteroatoms. The molecule has 0 spiro atoms. The number of anilines is 1. The van der Waals surface area contributed by atoms with Gasteiger partial charge in [0, 0.05) is 11.1 Å². The first-order valence-electron chi connectivity index (χ1n) is 5.93. The van der Waals surface area contributed by atoms with Crippen molar-refractivity contribution >= 4 is 5.69 Å². The zero-order valence-electron chi connectivity index (χ0n) is 10.7. The molecule has 0 fully saturated rings. The first kappa shape index (κ1) is 11.7. The SMILES string of the molecule is Cc1cccc(C(C)(C)c2cccc(N)c2)c1. The number of hydrogen-bond acceptors (Lipinski definition) is 1. The minimum absolute atomic E-state index is 0.0125. The van der Waals surface area contributed by atoms with Crippen molar-refractivity contribution in [3.63, 3.8) is 0 Å². The molecule has 2 aromatic rings. The van der Waals surface area contributed by atoms with Gasteiger partial charge in [0.25, 0.3) is 0 Å². The molecule has 0 aliphatic carbocycles. The van der Waals surface area contributed by atoms with E-state index < -0.39 is 0 Å². The normalized spacial score (nSPS) is 11.5. The molecule has 0 aromatic heterocycles. The fourth-order valence-corrected chi connectivity index (χ4v) is 2.13. The molecule has 0 aliphatic rings. The Bertz CT molecular complexity index is 479. The maximum absolute atomic E-state index is 5.86. The van der Waals surface area contributed by atoms with Crippen LogP contribution >= 0.6 is 0 Å². The summed E-state index contributed by atoms with van der Waals surface area (Å²) in [6.45, 7) is 6.59. The molecule has 2 N–H and O–H groups in total.